The third-order valence-corrected chi connectivity index (χ3v) is 5.17. The summed E-state index contributed by atoms with van der Waals surface area (Å²) in [7, 11) is 3.19. The van der Waals surface area contributed by atoms with Gasteiger partial charge in [-0.2, -0.15) is 0 Å². The maximum absolute atomic E-state index is 12.3. The number of aliphatic imine (C=N–C) groups is 1. The lowest BCUT2D eigenvalue weighted by Gasteiger charge is -2.33. The second kappa shape index (κ2) is 10.7. The zero-order valence-corrected chi connectivity index (χ0v) is 17.3. The fourth-order valence-electron chi connectivity index (χ4n) is 3.24. The number of carbonyl (C=O) groups excluding carboxylic acids is 2. The highest BCUT2D eigenvalue weighted by Crippen LogP contribution is 2.18. The van der Waals surface area contributed by atoms with Crippen molar-refractivity contribution in [2.75, 3.05) is 27.2 Å². The normalized spacial score (nSPS) is 16.4. The molecular formula is C21H32N4O3. The van der Waals surface area contributed by atoms with Gasteiger partial charge in [-0.3, -0.25) is 14.6 Å². The molecule has 0 bridgehead atoms. The Morgan fingerprint density at radius 1 is 1.32 bits per heavy atom. The Balaban J connectivity index is 1.91. The maximum atomic E-state index is 12.3. The molecule has 1 amide bonds. The monoisotopic (exact) mass is 388 g/mol. The zero-order chi connectivity index (χ0) is 20.5. The molecule has 1 aliphatic heterocycles. The molecule has 0 spiro atoms. The number of ether oxygens (including phenoxy) is 1. The number of esters is 1. The van der Waals surface area contributed by atoms with Crippen LogP contribution in [0.3, 0.4) is 0 Å². The molecule has 1 aromatic rings. The Morgan fingerprint density at radius 3 is 2.64 bits per heavy atom. The van der Waals surface area contributed by atoms with Gasteiger partial charge in [-0.25, -0.2) is 0 Å². The molecule has 0 aliphatic carbocycles. The van der Waals surface area contributed by atoms with Gasteiger partial charge in [-0.1, -0.05) is 19.1 Å². The molecule has 1 heterocycles. The van der Waals surface area contributed by atoms with Crippen molar-refractivity contribution in [1.82, 2.24) is 15.5 Å². The van der Waals surface area contributed by atoms with Crippen molar-refractivity contribution in [3.05, 3.63) is 35.4 Å². The van der Waals surface area contributed by atoms with Crippen LogP contribution in [0, 0.1) is 5.92 Å². The van der Waals surface area contributed by atoms with Gasteiger partial charge < -0.3 is 20.3 Å². The molecule has 154 valence electrons. The first-order valence-corrected chi connectivity index (χ1v) is 9.91. The minimum absolute atomic E-state index is 0.0277. The number of likely N-dealkylation sites (tertiary alicyclic amines) is 1. The second-order valence-electron chi connectivity index (χ2n) is 7.17. The van der Waals surface area contributed by atoms with Crippen LogP contribution in [0.25, 0.3) is 0 Å². The molecule has 1 saturated heterocycles. The molecule has 28 heavy (non-hydrogen) atoms. The fourth-order valence-corrected chi connectivity index (χ4v) is 3.24. The van der Waals surface area contributed by atoms with Gasteiger partial charge in [0.2, 0.25) is 0 Å². The Hall–Kier alpha value is -2.57. The largest absolute Gasteiger partial charge is 0.469 e. The lowest BCUT2D eigenvalue weighted by molar-refractivity contribution is -0.146. The third kappa shape index (κ3) is 5.97. The Morgan fingerprint density at radius 2 is 2.04 bits per heavy atom. The van der Waals surface area contributed by atoms with E-state index in [0.717, 1.165) is 43.9 Å². The molecule has 2 rings (SSSR count). The predicted molar refractivity (Wildman–Crippen MR) is 110 cm³/mol. The van der Waals surface area contributed by atoms with Crippen LogP contribution in [0.1, 0.15) is 49.0 Å². The van der Waals surface area contributed by atoms with Crippen LogP contribution in [0.5, 0.6) is 0 Å². The summed E-state index contributed by atoms with van der Waals surface area (Å²) in [6.45, 7) is 6.14. The smallest absolute Gasteiger partial charge is 0.308 e. The molecule has 1 unspecified atom stereocenters. The summed E-state index contributed by atoms with van der Waals surface area (Å²) in [6, 6.07) is 7.77. The minimum atomic E-state index is -0.130. The second-order valence-corrected chi connectivity index (χ2v) is 7.17. The van der Waals surface area contributed by atoms with Crippen molar-refractivity contribution >= 4 is 17.8 Å². The summed E-state index contributed by atoms with van der Waals surface area (Å²) in [6.07, 6.45) is 2.42. The third-order valence-electron chi connectivity index (χ3n) is 5.17. The van der Waals surface area contributed by atoms with Crippen molar-refractivity contribution in [3.63, 3.8) is 0 Å². The summed E-state index contributed by atoms with van der Waals surface area (Å²) in [5, 5.41) is 6.35. The number of amides is 1. The van der Waals surface area contributed by atoms with Gasteiger partial charge in [0.1, 0.15) is 0 Å². The number of guanidine groups is 1. The van der Waals surface area contributed by atoms with E-state index in [1.54, 1.807) is 7.05 Å². The van der Waals surface area contributed by atoms with Gasteiger partial charge in [0, 0.05) is 38.3 Å². The number of benzene rings is 1. The van der Waals surface area contributed by atoms with Crippen LogP contribution in [-0.4, -0.2) is 56.0 Å². The van der Waals surface area contributed by atoms with Gasteiger partial charge in [0.05, 0.1) is 13.0 Å². The minimum Gasteiger partial charge on any atom is -0.469 e. The maximum Gasteiger partial charge on any atom is 0.308 e. The molecule has 7 heteroatoms. The van der Waals surface area contributed by atoms with Crippen molar-refractivity contribution in [1.29, 1.82) is 0 Å². The van der Waals surface area contributed by atoms with Crippen molar-refractivity contribution in [2.24, 2.45) is 10.9 Å². The van der Waals surface area contributed by atoms with E-state index >= 15 is 0 Å². The van der Waals surface area contributed by atoms with Crippen molar-refractivity contribution < 1.29 is 14.3 Å². The number of rotatable bonds is 6. The lowest BCUT2D eigenvalue weighted by Crippen LogP contribution is -2.46. The Labute approximate surface area is 167 Å². The van der Waals surface area contributed by atoms with Gasteiger partial charge in [-0.05, 0) is 43.9 Å². The molecule has 1 atom stereocenters. The summed E-state index contributed by atoms with van der Waals surface area (Å²) in [4.78, 5) is 30.5. The number of hydrogen-bond donors (Lipinski definition) is 2. The molecular weight excluding hydrogens is 356 g/mol. The van der Waals surface area contributed by atoms with Crippen LogP contribution >= 0.6 is 0 Å². The number of methoxy groups -OCH3 is 1. The van der Waals surface area contributed by atoms with Gasteiger partial charge in [0.15, 0.2) is 5.96 Å². The van der Waals surface area contributed by atoms with E-state index in [2.05, 4.69) is 20.5 Å². The fraction of sp³-hybridized carbons (Fsp3) is 0.571. The average Bonchev–Trinajstić information content (AvgIpc) is 2.74. The van der Waals surface area contributed by atoms with Gasteiger partial charge in [0.25, 0.3) is 5.91 Å². The first-order valence-electron chi connectivity index (χ1n) is 9.91. The summed E-state index contributed by atoms with van der Waals surface area (Å²) in [5.41, 5.74) is 1.68. The SMILES string of the molecule is CCC(C)NC(=O)c1cccc(CNC(=NC)N2CCC(C(=O)OC)CC2)c1. The molecule has 0 aromatic heterocycles. The number of carbonyl (C=O) groups is 2. The number of nitrogens with zero attached hydrogens (tertiary/aromatic N) is 2. The average molecular weight is 389 g/mol. The topological polar surface area (TPSA) is 83.0 Å². The van der Waals surface area contributed by atoms with Crippen molar-refractivity contribution in [3.8, 4) is 0 Å². The van der Waals surface area contributed by atoms with E-state index in [4.69, 9.17) is 4.74 Å². The van der Waals surface area contributed by atoms with E-state index in [0.29, 0.717) is 12.1 Å². The summed E-state index contributed by atoms with van der Waals surface area (Å²) >= 11 is 0. The number of hydrogen-bond acceptors (Lipinski definition) is 4. The number of nitrogens with one attached hydrogen (secondary N) is 2. The van der Waals surface area contributed by atoms with Crippen LogP contribution in [-0.2, 0) is 16.1 Å². The first kappa shape index (κ1) is 21.7. The van der Waals surface area contributed by atoms with E-state index in [-0.39, 0.29) is 23.8 Å². The molecule has 1 aromatic carbocycles. The quantitative estimate of drug-likeness (QED) is 0.443. The van der Waals surface area contributed by atoms with Crippen LogP contribution < -0.4 is 10.6 Å². The highest BCUT2D eigenvalue weighted by atomic mass is 16.5. The van der Waals surface area contributed by atoms with E-state index < -0.39 is 0 Å². The van der Waals surface area contributed by atoms with Gasteiger partial charge >= 0.3 is 5.97 Å². The van der Waals surface area contributed by atoms with Crippen LogP contribution in [0.2, 0.25) is 0 Å². The van der Waals surface area contributed by atoms with Crippen LogP contribution in [0.15, 0.2) is 29.3 Å². The standard InChI is InChI=1S/C21H32N4O3/c1-5-15(2)24-19(26)18-8-6-7-16(13-18)14-23-21(22-3)25-11-9-17(10-12-25)20(27)28-4/h6-8,13,15,17H,5,9-12,14H2,1-4H3,(H,22,23)(H,24,26). The predicted octanol–water partition coefficient (Wildman–Crippen LogP) is 2.18. The van der Waals surface area contributed by atoms with E-state index in [9.17, 15) is 9.59 Å². The zero-order valence-electron chi connectivity index (χ0n) is 17.3. The number of piperidine rings is 1. The molecule has 2 N–H and O–H groups in total. The molecule has 0 saturated carbocycles. The summed E-state index contributed by atoms with van der Waals surface area (Å²) in [5.74, 6) is 0.596. The highest BCUT2D eigenvalue weighted by Gasteiger charge is 2.26. The highest BCUT2D eigenvalue weighted by molar-refractivity contribution is 5.94. The molecule has 7 nitrogen and oxygen atoms in total. The Kier molecular flexibility index (Phi) is 8.29. The Bertz CT molecular complexity index is 697. The first-order chi connectivity index (χ1) is 13.5. The van der Waals surface area contributed by atoms with Crippen LogP contribution in [0.4, 0.5) is 0 Å². The molecule has 0 radical (unpaired) electrons. The molecule has 1 fully saturated rings. The van der Waals surface area contributed by atoms with Gasteiger partial charge in [-0.15, -0.1) is 0 Å². The van der Waals surface area contributed by atoms with E-state index in [1.165, 1.54) is 7.11 Å². The van der Waals surface area contributed by atoms with Crippen molar-refractivity contribution in [2.45, 2.75) is 45.7 Å². The van der Waals surface area contributed by atoms with E-state index in [1.807, 2.05) is 38.1 Å². The summed E-state index contributed by atoms with van der Waals surface area (Å²) < 4.78 is 4.84. The molecule has 1 aliphatic rings. The lowest BCUT2D eigenvalue weighted by atomic mass is 9.97.